The van der Waals surface area contributed by atoms with Crippen molar-refractivity contribution < 1.29 is 0 Å². The Morgan fingerprint density at radius 1 is 1.29 bits per heavy atom. The van der Waals surface area contributed by atoms with E-state index in [4.69, 9.17) is 11.6 Å². The summed E-state index contributed by atoms with van der Waals surface area (Å²) < 4.78 is 2.25. The van der Waals surface area contributed by atoms with Crippen LogP contribution < -0.4 is 0 Å². The van der Waals surface area contributed by atoms with Gasteiger partial charge in [0.1, 0.15) is 0 Å². The Morgan fingerprint density at radius 2 is 2.07 bits per heavy atom. The molecular formula is C12H14ClN. The first-order valence-electron chi connectivity index (χ1n) is 4.92. The largest absolute Gasteiger partial charge is 0.348 e. The summed E-state index contributed by atoms with van der Waals surface area (Å²) in [7, 11) is 2.12. The number of hydrogen-bond acceptors (Lipinski definition) is 0. The number of alkyl halides is 1. The molecule has 0 aliphatic heterocycles. The molecule has 1 nitrogen and oxygen atoms in total. The molecule has 1 heterocycles. The average Bonchev–Trinajstić information content (AvgIpc) is 2.54. The van der Waals surface area contributed by atoms with E-state index in [-0.39, 0.29) is 0 Å². The normalized spacial score (nSPS) is 11.0. The molecule has 2 heteroatoms. The number of rotatable bonds is 3. The van der Waals surface area contributed by atoms with Crippen LogP contribution >= 0.6 is 11.6 Å². The van der Waals surface area contributed by atoms with Gasteiger partial charge >= 0.3 is 0 Å². The number of para-hydroxylation sites is 1. The van der Waals surface area contributed by atoms with E-state index in [1.165, 1.54) is 16.6 Å². The lowest BCUT2D eigenvalue weighted by Crippen LogP contribution is -1.96. The Morgan fingerprint density at radius 3 is 2.79 bits per heavy atom. The second-order valence-electron chi connectivity index (χ2n) is 3.55. The average molecular weight is 208 g/mol. The predicted molar refractivity (Wildman–Crippen MR) is 62.0 cm³/mol. The molecule has 0 aliphatic rings. The smallest absolute Gasteiger partial charge is 0.0479 e. The van der Waals surface area contributed by atoms with Crippen molar-refractivity contribution in [2.24, 2.45) is 7.05 Å². The third kappa shape index (κ3) is 1.64. The van der Waals surface area contributed by atoms with Gasteiger partial charge in [-0.25, -0.2) is 0 Å². The van der Waals surface area contributed by atoms with Crippen LogP contribution in [0.5, 0.6) is 0 Å². The highest BCUT2D eigenvalue weighted by Gasteiger charge is 2.03. The van der Waals surface area contributed by atoms with Gasteiger partial charge in [0.25, 0.3) is 0 Å². The summed E-state index contributed by atoms with van der Waals surface area (Å²) in [4.78, 5) is 0. The molecule has 0 saturated heterocycles. The molecular weight excluding hydrogens is 194 g/mol. The van der Waals surface area contributed by atoms with Crippen molar-refractivity contribution in [3.05, 3.63) is 36.0 Å². The molecule has 74 valence electrons. The maximum Gasteiger partial charge on any atom is 0.0479 e. The van der Waals surface area contributed by atoms with Gasteiger partial charge in [-0.3, -0.25) is 0 Å². The number of aryl methyl sites for hydroxylation is 2. The Kier molecular flexibility index (Phi) is 2.78. The molecule has 2 rings (SSSR count). The van der Waals surface area contributed by atoms with Crippen LogP contribution in [0.3, 0.4) is 0 Å². The van der Waals surface area contributed by atoms with Crippen LogP contribution in [0.15, 0.2) is 30.3 Å². The van der Waals surface area contributed by atoms with Crippen molar-refractivity contribution in [3.63, 3.8) is 0 Å². The zero-order valence-electron chi connectivity index (χ0n) is 8.33. The van der Waals surface area contributed by atoms with Gasteiger partial charge in [0, 0.05) is 24.1 Å². The quantitative estimate of drug-likeness (QED) is 0.681. The molecule has 0 radical (unpaired) electrons. The first-order chi connectivity index (χ1) is 6.83. The standard InChI is InChI=1S/C12H14ClN/c1-14-11(6-4-8-13)9-10-5-2-3-7-12(10)14/h2-3,5,7,9H,4,6,8H2,1H3. The molecule has 0 fully saturated rings. The van der Waals surface area contributed by atoms with E-state index >= 15 is 0 Å². The van der Waals surface area contributed by atoms with Crippen molar-refractivity contribution in [1.29, 1.82) is 0 Å². The lowest BCUT2D eigenvalue weighted by atomic mass is 10.2. The second-order valence-corrected chi connectivity index (χ2v) is 3.92. The van der Waals surface area contributed by atoms with Crippen molar-refractivity contribution in [2.45, 2.75) is 12.8 Å². The zero-order chi connectivity index (χ0) is 9.97. The van der Waals surface area contributed by atoms with Crippen LogP contribution in [0.4, 0.5) is 0 Å². The summed E-state index contributed by atoms with van der Waals surface area (Å²) in [6.07, 6.45) is 2.11. The second kappa shape index (κ2) is 4.05. The van der Waals surface area contributed by atoms with Crippen LogP contribution in [0.25, 0.3) is 10.9 Å². The van der Waals surface area contributed by atoms with E-state index in [0.717, 1.165) is 18.7 Å². The molecule has 0 N–H and O–H groups in total. The number of hydrogen-bond donors (Lipinski definition) is 0. The van der Waals surface area contributed by atoms with Crippen LogP contribution in [0, 0.1) is 0 Å². The lowest BCUT2D eigenvalue weighted by Gasteiger charge is -2.02. The highest BCUT2D eigenvalue weighted by Crippen LogP contribution is 2.19. The molecule has 0 spiro atoms. The van der Waals surface area contributed by atoms with Crippen molar-refractivity contribution in [3.8, 4) is 0 Å². The topological polar surface area (TPSA) is 4.93 Å². The van der Waals surface area contributed by atoms with E-state index in [2.05, 4.69) is 41.9 Å². The van der Waals surface area contributed by atoms with Gasteiger partial charge < -0.3 is 4.57 Å². The first-order valence-corrected chi connectivity index (χ1v) is 5.45. The van der Waals surface area contributed by atoms with Gasteiger partial charge in [0.2, 0.25) is 0 Å². The summed E-state index contributed by atoms with van der Waals surface area (Å²) in [5.74, 6) is 0.738. The van der Waals surface area contributed by atoms with Crippen LogP contribution in [-0.4, -0.2) is 10.4 Å². The summed E-state index contributed by atoms with van der Waals surface area (Å²) in [6.45, 7) is 0. The molecule has 0 saturated carbocycles. The number of benzene rings is 1. The summed E-state index contributed by atoms with van der Waals surface area (Å²) in [6, 6.07) is 10.7. The van der Waals surface area contributed by atoms with Gasteiger partial charge in [-0.1, -0.05) is 18.2 Å². The Bertz CT molecular complexity index is 431. The lowest BCUT2D eigenvalue weighted by molar-refractivity contribution is 0.808. The molecule has 0 atom stereocenters. The first kappa shape index (κ1) is 9.60. The minimum atomic E-state index is 0.738. The minimum Gasteiger partial charge on any atom is -0.348 e. The SMILES string of the molecule is Cn1c(CCCCl)cc2ccccc21. The fourth-order valence-electron chi connectivity index (χ4n) is 1.83. The fraction of sp³-hybridized carbons (Fsp3) is 0.333. The van der Waals surface area contributed by atoms with Crippen LogP contribution in [0.1, 0.15) is 12.1 Å². The molecule has 0 aliphatic carbocycles. The van der Waals surface area contributed by atoms with Crippen LogP contribution in [0.2, 0.25) is 0 Å². The Balaban J connectivity index is 2.41. The molecule has 2 aromatic rings. The third-order valence-corrected chi connectivity index (χ3v) is 2.88. The van der Waals surface area contributed by atoms with E-state index in [1.54, 1.807) is 0 Å². The van der Waals surface area contributed by atoms with Crippen molar-refractivity contribution in [2.75, 3.05) is 5.88 Å². The van der Waals surface area contributed by atoms with E-state index < -0.39 is 0 Å². The molecule has 0 amide bonds. The van der Waals surface area contributed by atoms with E-state index in [1.807, 2.05) is 0 Å². The van der Waals surface area contributed by atoms with Crippen molar-refractivity contribution >= 4 is 22.5 Å². The summed E-state index contributed by atoms with van der Waals surface area (Å²) in [5, 5.41) is 1.32. The summed E-state index contributed by atoms with van der Waals surface area (Å²) >= 11 is 5.69. The molecule has 0 bridgehead atoms. The van der Waals surface area contributed by atoms with Crippen molar-refractivity contribution in [1.82, 2.24) is 4.57 Å². The van der Waals surface area contributed by atoms with Gasteiger partial charge in [-0.2, -0.15) is 0 Å². The van der Waals surface area contributed by atoms with E-state index in [0.29, 0.717) is 0 Å². The molecule has 14 heavy (non-hydrogen) atoms. The van der Waals surface area contributed by atoms with E-state index in [9.17, 15) is 0 Å². The van der Waals surface area contributed by atoms with Gasteiger partial charge in [0.15, 0.2) is 0 Å². The Labute approximate surface area is 89.3 Å². The van der Waals surface area contributed by atoms with Gasteiger partial charge in [0.05, 0.1) is 0 Å². The number of fused-ring (bicyclic) bond motifs is 1. The predicted octanol–water partition coefficient (Wildman–Crippen LogP) is 3.35. The van der Waals surface area contributed by atoms with Gasteiger partial charge in [-0.05, 0) is 30.4 Å². The summed E-state index contributed by atoms with van der Waals surface area (Å²) in [5.41, 5.74) is 2.67. The number of halogens is 1. The highest BCUT2D eigenvalue weighted by atomic mass is 35.5. The highest BCUT2D eigenvalue weighted by molar-refractivity contribution is 6.17. The minimum absolute atomic E-state index is 0.738. The maximum absolute atomic E-state index is 5.69. The zero-order valence-corrected chi connectivity index (χ0v) is 9.09. The third-order valence-electron chi connectivity index (χ3n) is 2.62. The number of nitrogens with zero attached hydrogens (tertiary/aromatic N) is 1. The maximum atomic E-state index is 5.69. The van der Waals surface area contributed by atoms with Gasteiger partial charge in [-0.15, -0.1) is 11.6 Å². The monoisotopic (exact) mass is 207 g/mol. The fourth-order valence-corrected chi connectivity index (χ4v) is 1.97. The van der Waals surface area contributed by atoms with Crippen LogP contribution in [-0.2, 0) is 13.5 Å². The number of aromatic nitrogens is 1. The molecule has 0 unspecified atom stereocenters. The molecule has 1 aromatic heterocycles. The molecule has 1 aromatic carbocycles. The Hall–Kier alpha value is -0.950.